The Labute approximate surface area is 201 Å². The first-order valence-corrected chi connectivity index (χ1v) is 12.4. The number of benzene rings is 2. The molecule has 0 aliphatic carbocycles. The van der Waals surface area contributed by atoms with E-state index in [0.29, 0.717) is 19.6 Å². The Morgan fingerprint density at radius 3 is 2.00 bits per heavy atom. The van der Waals surface area contributed by atoms with Crippen LogP contribution in [-0.4, -0.2) is 68.4 Å². The number of hydrogen-bond donors (Lipinski definition) is 1. The molecule has 2 aromatic rings. The topological polar surface area (TPSA) is 102 Å². The highest BCUT2D eigenvalue weighted by atomic mass is 32.2. The molecule has 1 aliphatic rings. The van der Waals surface area contributed by atoms with Gasteiger partial charge in [-0.2, -0.15) is 0 Å². The van der Waals surface area contributed by atoms with Crippen molar-refractivity contribution in [3.05, 3.63) is 48.5 Å². The number of likely N-dealkylation sites (tertiary alicyclic amines) is 1. The molecule has 0 aromatic heterocycles. The van der Waals surface area contributed by atoms with Crippen molar-refractivity contribution in [1.82, 2.24) is 4.90 Å². The van der Waals surface area contributed by atoms with Crippen molar-refractivity contribution in [2.75, 3.05) is 32.8 Å². The molecular weight excluding hydrogens is 491 g/mol. The van der Waals surface area contributed by atoms with Gasteiger partial charge in [0, 0.05) is 19.6 Å². The van der Waals surface area contributed by atoms with Crippen molar-refractivity contribution < 1.29 is 45.7 Å². The monoisotopic (exact) mass is 517 g/mol. The van der Waals surface area contributed by atoms with Gasteiger partial charge in [-0.1, -0.05) is 0 Å². The number of piperidine rings is 1. The highest BCUT2D eigenvalue weighted by Crippen LogP contribution is 2.38. The van der Waals surface area contributed by atoms with Crippen molar-refractivity contribution in [1.29, 1.82) is 0 Å². The number of esters is 1. The molecule has 0 atom stereocenters. The summed E-state index contributed by atoms with van der Waals surface area (Å²) in [5, 5.41) is 9.16. The summed E-state index contributed by atoms with van der Waals surface area (Å²) >= 11 is 0. The second-order valence-corrected chi connectivity index (χ2v) is 10.1. The molecule has 3 rings (SSSR count). The number of nitrogens with zero attached hydrogens (tertiary/aromatic N) is 1. The molecule has 0 amide bonds. The first-order chi connectivity index (χ1) is 16.5. The first kappa shape index (κ1) is 26.8. The van der Waals surface area contributed by atoms with E-state index in [1.54, 1.807) is 6.92 Å². The van der Waals surface area contributed by atoms with Crippen molar-refractivity contribution in [3.8, 4) is 17.2 Å². The summed E-state index contributed by atoms with van der Waals surface area (Å²) in [7, 11) is -4.14. The molecule has 192 valence electrons. The summed E-state index contributed by atoms with van der Waals surface area (Å²) in [4.78, 5) is 14.7. The molecule has 1 N–H and O–H groups in total. The number of alkyl halides is 3. The number of hydrogen-bond acceptors (Lipinski definition) is 8. The smallest absolute Gasteiger partial charge is 0.465 e. The summed E-state index contributed by atoms with van der Waals surface area (Å²) < 4.78 is 76.8. The van der Waals surface area contributed by atoms with Crippen LogP contribution in [-0.2, 0) is 19.4 Å². The van der Waals surface area contributed by atoms with Crippen LogP contribution in [0.15, 0.2) is 53.4 Å². The summed E-state index contributed by atoms with van der Waals surface area (Å²) in [6.45, 7) is 2.58. The molecule has 8 nitrogen and oxygen atoms in total. The minimum absolute atomic E-state index is 0.0266. The molecule has 0 radical (unpaired) electrons. The lowest BCUT2D eigenvalue weighted by molar-refractivity contribution is -0.274. The third-order valence-electron chi connectivity index (χ3n) is 5.67. The maximum Gasteiger partial charge on any atom is 0.573 e. The second kappa shape index (κ2) is 10.8. The lowest BCUT2D eigenvalue weighted by atomic mass is 9.95. The van der Waals surface area contributed by atoms with Crippen LogP contribution in [0.5, 0.6) is 17.2 Å². The summed E-state index contributed by atoms with van der Waals surface area (Å²) in [6.07, 6.45) is -4.75. The van der Waals surface area contributed by atoms with Crippen LogP contribution in [0.2, 0.25) is 0 Å². The summed E-state index contributed by atoms with van der Waals surface area (Å²) in [5.74, 6) is -0.739. The van der Waals surface area contributed by atoms with Gasteiger partial charge in [0.2, 0.25) is 0 Å². The highest BCUT2D eigenvalue weighted by Gasteiger charge is 2.54. The zero-order chi connectivity index (χ0) is 25.7. The predicted octanol–water partition coefficient (Wildman–Crippen LogP) is 3.54. The average molecular weight is 518 g/mol. The van der Waals surface area contributed by atoms with Gasteiger partial charge < -0.3 is 24.2 Å². The molecule has 0 spiro atoms. The van der Waals surface area contributed by atoms with E-state index < -0.39 is 32.7 Å². The third-order valence-corrected chi connectivity index (χ3v) is 8.17. The molecule has 1 heterocycles. The van der Waals surface area contributed by atoms with Gasteiger partial charge in [-0.05, 0) is 68.3 Å². The summed E-state index contributed by atoms with van der Waals surface area (Å²) in [5.41, 5.74) is 0. The number of carbonyl (C=O) groups excluding carboxylic acids is 1. The largest absolute Gasteiger partial charge is 0.573 e. The van der Waals surface area contributed by atoms with Gasteiger partial charge in [-0.3, -0.25) is 4.79 Å². The van der Waals surface area contributed by atoms with Gasteiger partial charge >= 0.3 is 12.3 Å². The van der Waals surface area contributed by atoms with E-state index in [2.05, 4.69) is 4.74 Å². The molecule has 0 saturated carbocycles. The molecule has 0 bridgehead atoms. The molecular formula is C23H26F3NO7S. The molecule has 1 saturated heterocycles. The zero-order valence-corrected chi connectivity index (χ0v) is 19.8. The van der Waals surface area contributed by atoms with Crippen LogP contribution >= 0.6 is 0 Å². The Hall–Kier alpha value is -2.83. The van der Waals surface area contributed by atoms with E-state index in [0.717, 1.165) is 12.1 Å². The molecule has 12 heteroatoms. The quantitative estimate of drug-likeness (QED) is 0.504. The minimum Gasteiger partial charge on any atom is -0.465 e. The maximum atomic E-state index is 13.6. The molecule has 2 aromatic carbocycles. The number of sulfone groups is 1. The number of halogens is 3. The SMILES string of the molecule is CCOC(=O)C1(S(=O)(=O)c2ccc(Oc3ccc(OC(F)(F)F)cc3)cc2)CCN(CCO)CC1. The molecule has 35 heavy (non-hydrogen) atoms. The fraction of sp³-hybridized carbons (Fsp3) is 0.435. The van der Waals surface area contributed by atoms with Gasteiger partial charge in [0.05, 0.1) is 18.1 Å². The van der Waals surface area contributed by atoms with Crippen LogP contribution in [0.25, 0.3) is 0 Å². The Morgan fingerprint density at radius 1 is 1.00 bits per heavy atom. The van der Waals surface area contributed by atoms with E-state index in [4.69, 9.17) is 14.6 Å². The Bertz CT molecular complexity index is 1100. The standard InChI is InChI=1S/C23H26F3NO7S/c1-2-32-21(29)22(11-13-27(14-12-22)15-16-28)35(30,31)20-9-7-18(8-10-20)33-17-3-5-19(6-4-17)34-23(24,25)26/h3-10,28H,2,11-16H2,1H3. The number of ether oxygens (including phenoxy) is 3. The maximum absolute atomic E-state index is 13.6. The molecule has 1 fully saturated rings. The van der Waals surface area contributed by atoms with Crippen LogP contribution in [0.4, 0.5) is 13.2 Å². The van der Waals surface area contributed by atoms with Crippen LogP contribution in [0.1, 0.15) is 19.8 Å². The second-order valence-electron chi connectivity index (χ2n) is 7.88. The summed E-state index contributed by atoms with van der Waals surface area (Å²) in [6, 6.07) is 10.2. The lowest BCUT2D eigenvalue weighted by Crippen LogP contribution is -2.55. The Morgan fingerprint density at radius 2 is 1.51 bits per heavy atom. The number of β-amino-alcohol motifs (C(OH)–C–C–N with tert-alkyl or cyclic N) is 1. The van der Waals surface area contributed by atoms with E-state index in [9.17, 15) is 26.4 Å². The third kappa shape index (κ3) is 6.24. The van der Waals surface area contributed by atoms with E-state index in [1.807, 2.05) is 4.90 Å². The number of aliphatic hydroxyl groups excluding tert-OH is 1. The fourth-order valence-corrected chi connectivity index (χ4v) is 5.83. The van der Waals surface area contributed by atoms with Crippen LogP contribution in [0.3, 0.4) is 0 Å². The van der Waals surface area contributed by atoms with E-state index >= 15 is 0 Å². The highest BCUT2D eigenvalue weighted by molar-refractivity contribution is 7.93. The zero-order valence-electron chi connectivity index (χ0n) is 19.0. The minimum atomic E-state index is -4.81. The number of aliphatic hydroxyl groups is 1. The van der Waals surface area contributed by atoms with Gasteiger partial charge in [0.15, 0.2) is 14.6 Å². The van der Waals surface area contributed by atoms with Gasteiger partial charge in [-0.25, -0.2) is 8.42 Å². The van der Waals surface area contributed by atoms with Gasteiger partial charge in [-0.15, -0.1) is 13.2 Å². The van der Waals surface area contributed by atoms with E-state index in [1.165, 1.54) is 36.4 Å². The average Bonchev–Trinajstić information content (AvgIpc) is 2.80. The lowest BCUT2D eigenvalue weighted by Gasteiger charge is -2.39. The molecule has 1 aliphatic heterocycles. The Balaban J connectivity index is 1.78. The number of carbonyl (C=O) groups is 1. The normalized spacial score (nSPS) is 16.5. The number of rotatable bonds is 9. The van der Waals surface area contributed by atoms with Crippen molar-refractivity contribution in [2.24, 2.45) is 0 Å². The van der Waals surface area contributed by atoms with Gasteiger partial charge in [0.25, 0.3) is 0 Å². The van der Waals surface area contributed by atoms with Crippen molar-refractivity contribution in [3.63, 3.8) is 0 Å². The fourth-order valence-electron chi connectivity index (χ4n) is 3.88. The van der Waals surface area contributed by atoms with Crippen LogP contribution in [0, 0.1) is 0 Å². The van der Waals surface area contributed by atoms with Crippen molar-refractivity contribution >= 4 is 15.8 Å². The van der Waals surface area contributed by atoms with Crippen LogP contribution < -0.4 is 9.47 Å². The van der Waals surface area contributed by atoms with Gasteiger partial charge in [0.1, 0.15) is 17.2 Å². The Kier molecular flexibility index (Phi) is 8.29. The molecule has 0 unspecified atom stereocenters. The van der Waals surface area contributed by atoms with E-state index in [-0.39, 0.29) is 42.4 Å². The van der Waals surface area contributed by atoms with Crippen molar-refractivity contribution in [2.45, 2.75) is 35.8 Å². The predicted molar refractivity (Wildman–Crippen MR) is 119 cm³/mol. The first-order valence-electron chi connectivity index (χ1n) is 10.9.